The number of nitrogens with zero attached hydrogens (tertiary/aromatic N) is 1. The van der Waals surface area contributed by atoms with Gasteiger partial charge in [0.25, 0.3) is 0 Å². The van der Waals surface area contributed by atoms with Crippen LogP contribution in [0.2, 0.25) is 0 Å². The fourth-order valence-electron chi connectivity index (χ4n) is 1.39. The van der Waals surface area contributed by atoms with Gasteiger partial charge >= 0.3 is 12.0 Å². The molecule has 0 fully saturated rings. The van der Waals surface area contributed by atoms with Crippen LogP contribution in [0.3, 0.4) is 0 Å². The number of rotatable bonds is 5. The van der Waals surface area contributed by atoms with Crippen molar-refractivity contribution in [1.82, 2.24) is 5.32 Å². The summed E-state index contributed by atoms with van der Waals surface area (Å²) in [4.78, 5) is 22.3. The molecule has 1 rings (SSSR count). The number of anilines is 1. The lowest BCUT2D eigenvalue weighted by atomic mass is 10.2. The standard InChI is InChI=1S/C12H12FN3O4/c13-8-5-7(6-14)1-2-9(8)15-12(20)16-10(3-4-17)11(18)19/h1-2,5,10,17H,3-4H2,(H,18,19)(H2,15,16,20)/t10-/m1/s1. The Morgan fingerprint density at radius 1 is 1.45 bits per heavy atom. The van der Waals surface area contributed by atoms with E-state index in [2.05, 4.69) is 10.6 Å². The molecule has 20 heavy (non-hydrogen) atoms. The lowest BCUT2D eigenvalue weighted by molar-refractivity contribution is -0.139. The Labute approximate surface area is 113 Å². The fraction of sp³-hybridized carbons (Fsp3) is 0.250. The molecule has 0 spiro atoms. The first kappa shape index (κ1) is 15.4. The second kappa shape index (κ2) is 7.06. The van der Waals surface area contributed by atoms with Crippen LogP contribution >= 0.6 is 0 Å². The van der Waals surface area contributed by atoms with E-state index in [1.54, 1.807) is 6.07 Å². The molecule has 1 aromatic carbocycles. The van der Waals surface area contributed by atoms with Gasteiger partial charge in [-0.25, -0.2) is 14.0 Å². The summed E-state index contributed by atoms with van der Waals surface area (Å²) >= 11 is 0. The van der Waals surface area contributed by atoms with Gasteiger partial charge in [0.15, 0.2) is 0 Å². The van der Waals surface area contributed by atoms with Crippen molar-refractivity contribution < 1.29 is 24.2 Å². The third kappa shape index (κ3) is 4.22. The first-order valence-corrected chi connectivity index (χ1v) is 5.58. The number of urea groups is 1. The normalized spacial score (nSPS) is 11.2. The summed E-state index contributed by atoms with van der Waals surface area (Å²) in [6.07, 6.45) is -0.168. The van der Waals surface area contributed by atoms with Gasteiger partial charge in [0.1, 0.15) is 11.9 Å². The average Bonchev–Trinajstić information content (AvgIpc) is 2.40. The van der Waals surface area contributed by atoms with Crippen LogP contribution in [0.4, 0.5) is 14.9 Å². The van der Waals surface area contributed by atoms with Gasteiger partial charge in [-0.3, -0.25) is 0 Å². The van der Waals surface area contributed by atoms with Gasteiger partial charge in [-0.2, -0.15) is 5.26 Å². The van der Waals surface area contributed by atoms with Crippen molar-refractivity contribution in [2.24, 2.45) is 0 Å². The molecule has 4 N–H and O–H groups in total. The molecular formula is C12H12FN3O4. The summed E-state index contributed by atoms with van der Waals surface area (Å²) in [6, 6.07) is 2.98. The molecule has 0 aromatic heterocycles. The number of aliphatic carboxylic acids is 1. The van der Waals surface area contributed by atoms with Crippen LogP contribution in [0.1, 0.15) is 12.0 Å². The summed E-state index contributed by atoms with van der Waals surface area (Å²) in [5.41, 5.74) is -0.0909. The van der Waals surface area contributed by atoms with E-state index in [4.69, 9.17) is 15.5 Å². The molecule has 0 radical (unpaired) electrons. The zero-order valence-corrected chi connectivity index (χ0v) is 10.3. The quantitative estimate of drug-likeness (QED) is 0.631. The SMILES string of the molecule is N#Cc1ccc(NC(=O)N[C@H](CCO)C(=O)O)c(F)c1. The molecule has 1 atom stereocenters. The lowest BCUT2D eigenvalue weighted by Gasteiger charge is -2.14. The van der Waals surface area contributed by atoms with Crippen molar-refractivity contribution in [3.63, 3.8) is 0 Å². The van der Waals surface area contributed by atoms with Gasteiger partial charge in [0, 0.05) is 13.0 Å². The Hall–Kier alpha value is -2.66. The second-order valence-corrected chi connectivity index (χ2v) is 3.81. The molecule has 0 saturated heterocycles. The number of aliphatic hydroxyl groups is 1. The first-order valence-electron chi connectivity index (χ1n) is 5.58. The summed E-state index contributed by atoms with van der Waals surface area (Å²) in [6.45, 7) is -0.414. The molecular weight excluding hydrogens is 269 g/mol. The molecule has 2 amide bonds. The average molecular weight is 281 g/mol. The molecule has 1 aromatic rings. The summed E-state index contributed by atoms with van der Waals surface area (Å²) in [7, 11) is 0. The Bertz CT molecular complexity index is 556. The number of carboxylic acid groups (broad SMARTS) is 1. The third-order valence-electron chi connectivity index (χ3n) is 2.37. The van der Waals surface area contributed by atoms with Crippen LogP contribution in [0.15, 0.2) is 18.2 Å². The minimum absolute atomic E-state index is 0.0946. The fourth-order valence-corrected chi connectivity index (χ4v) is 1.39. The van der Waals surface area contributed by atoms with Crippen molar-refractivity contribution in [2.75, 3.05) is 11.9 Å². The highest BCUT2D eigenvalue weighted by Crippen LogP contribution is 2.15. The van der Waals surface area contributed by atoms with Crippen molar-refractivity contribution in [3.05, 3.63) is 29.6 Å². The van der Waals surface area contributed by atoms with Gasteiger partial charge in [-0.05, 0) is 18.2 Å². The first-order chi connectivity index (χ1) is 9.47. The third-order valence-corrected chi connectivity index (χ3v) is 2.37. The lowest BCUT2D eigenvalue weighted by Crippen LogP contribution is -2.43. The molecule has 0 unspecified atom stereocenters. The predicted octanol–water partition coefficient (Wildman–Crippen LogP) is 0.654. The number of hydrogen-bond donors (Lipinski definition) is 4. The Kier molecular flexibility index (Phi) is 5.43. The van der Waals surface area contributed by atoms with E-state index < -0.39 is 30.5 Å². The number of aliphatic hydroxyl groups excluding tert-OH is 1. The highest BCUT2D eigenvalue weighted by Gasteiger charge is 2.19. The van der Waals surface area contributed by atoms with Gasteiger partial charge in [-0.1, -0.05) is 0 Å². The molecule has 0 aliphatic carbocycles. The zero-order chi connectivity index (χ0) is 15.1. The Balaban J connectivity index is 2.71. The number of carbonyl (C=O) groups is 2. The number of hydrogen-bond acceptors (Lipinski definition) is 4. The number of amides is 2. The summed E-state index contributed by atoms with van der Waals surface area (Å²) < 4.78 is 13.5. The molecule has 0 bridgehead atoms. The van der Waals surface area contributed by atoms with Gasteiger partial charge < -0.3 is 20.8 Å². The summed E-state index contributed by atoms with van der Waals surface area (Å²) in [5.74, 6) is -2.12. The van der Waals surface area contributed by atoms with Gasteiger partial charge in [-0.15, -0.1) is 0 Å². The van der Waals surface area contributed by atoms with Crippen LogP contribution in [-0.2, 0) is 4.79 Å². The van der Waals surface area contributed by atoms with Crippen molar-refractivity contribution in [1.29, 1.82) is 5.26 Å². The molecule has 106 valence electrons. The van der Waals surface area contributed by atoms with E-state index in [-0.39, 0.29) is 17.7 Å². The molecule has 7 nitrogen and oxygen atoms in total. The maximum Gasteiger partial charge on any atom is 0.326 e. The van der Waals surface area contributed by atoms with Crippen LogP contribution in [0.25, 0.3) is 0 Å². The van der Waals surface area contributed by atoms with Crippen LogP contribution in [0.5, 0.6) is 0 Å². The monoisotopic (exact) mass is 281 g/mol. The van der Waals surface area contributed by atoms with Gasteiger partial charge in [0.2, 0.25) is 0 Å². The number of carboxylic acids is 1. The van der Waals surface area contributed by atoms with Crippen LogP contribution < -0.4 is 10.6 Å². The Morgan fingerprint density at radius 2 is 2.15 bits per heavy atom. The summed E-state index contributed by atoms with van der Waals surface area (Å²) in [5, 5.41) is 30.2. The van der Waals surface area contributed by atoms with Crippen molar-refractivity contribution in [2.45, 2.75) is 12.5 Å². The minimum atomic E-state index is -1.31. The van der Waals surface area contributed by atoms with E-state index in [0.29, 0.717) is 0 Å². The van der Waals surface area contributed by atoms with Crippen LogP contribution in [0, 0.1) is 17.1 Å². The van der Waals surface area contributed by atoms with Crippen molar-refractivity contribution in [3.8, 4) is 6.07 Å². The molecule has 0 saturated carbocycles. The second-order valence-electron chi connectivity index (χ2n) is 3.81. The van der Waals surface area contributed by atoms with Crippen molar-refractivity contribution >= 4 is 17.7 Å². The minimum Gasteiger partial charge on any atom is -0.480 e. The van der Waals surface area contributed by atoms with Crippen LogP contribution in [-0.4, -0.2) is 34.9 Å². The Morgan fingerprint density at radius 3 is 2.65 bits per heavy atom. The number of benzene rings is 1. The zero-order valence-electron chi connectivity index (χ0n) is 10.3. The topological polar surface area (TPSA) is 122 Å². The van der Waals surface area contributed by atoms with E-state index in [1.807, 2.05) is 0 Å². The smallest absolute Gasteiger partial charge is 0.326 e. The number of halogens is 1. The molecule has 0 aliphatic rings. The largest absolute Gasteiger partial charge is 0.480 e. The predicted molar refractivity (Wildman–Crippen MR) is 66.4 cm³/mol. The van der Waals surface area contributed by atoms with E-state index in [1.165, 1.54) is 12.1 Å². The van der Waals surface area contributed by atoms with E-state index in [9.17, 15) is 14.0 Å². The maximum atomic E-state index is 13.5. The van der Waals surface area contributed by atoms with E-state index in [0.717, 1.165) is 6.07 Å². The number of carbonyl (C=O) groups excluding carboxylic acids is 1. The molecule has 0 aliphatic heterocycles. The molecule has 8 heteroatoms. The van der Waals surface area contributed by atoms with Gasteiger partial charge in [0.05, 0.1) is 17.3 Å². The number of nitrogens with one attached hydrogen (secondary N) is 2. The molecule has 0 heterocycles. The highest BCUT2D eigenvalue weighted by atomic mass is 19.1. The maximum absolute atomic E-state index is 13.5. The number of nitriles is 1. The van der Waals surface area contributed by atoms with E-state index >= 15 is 0 Å². The highest BCUT2D eigenvalue weighted by molar-refractivity contribution is 5.92.